The molecule has 2 heterocycles. The minimum atomic E-state index is -3.58. The monoisotopic (exact) mass is 401 g/mol. The smallest absolute Gasteiger partial charge is 0.233 e. The molecule has 1 aromatic heterocycles. The summed E-state index contributed by atoms with van der Waals surface area (Å²) in [7, 11) is -3.58. The SMILES string of the molecule is O=C(CCNS(=O)(=O)/C=C/c1ccccc1)N1CCN(c2ncccn2)CC1. The van der Waals surface area contributed by atoms with Crippen LogP contribution in [0, 0.1) is 0 Å². The highest BCUT2D eigenvalue weighted by molar-refractivity contribution is 7.92. The molecule has 0 bridgehead atoms. The lowest BCUT2D eigenvalue weighted by molar-refractivity contribution is -0.131. The second kappa shape index (κ2) is 9.43. The van der Waals surface area contributed by atoms with Crippen molar-refractivity contribution in [3.63, 3.8) is 0 Å². The first-order valence-corrected chi connectivity index (χ1v) is 10.6. The Labute approximate surface area is 165 Å². The average molecular weight is 401 g/mol. The van der Waals surface area contributed by atoms with Crippen molar-refractivity contribution in [1.29, 1.82) is 0 Å². The maximum absolute atomic E-state index is 12.3. The zero-order chi connectivity index (χ0) is 19.8. The van der Waals surface area contributed by atoms with E-state index in [1.807, 2.05) is 35.2 Å². The van der Waals surface area contributed by atoms with E-state index in [9.17, 15) is 13.2 Å². The zero-order valence-corrected chi connectivity index (χ0v) is 16.3. The van der Waals surface area contributed by atoms with Crippen molar-refractivity contribution in [2.24, 2.45) is 0 Å². The lowest BCUT2D eigenvalue weighted by Gasteiger charge is -2.34. The Morgan fingerprint density at radius 2 is 1.71 bits per heavy atom. The number of anilines is 1. The summed E-state index contributed by atoms with van der Waals surface area (Å²) in [6, 6.07) is 10.9. The number of rotatable bonds is 7. The van der Waals surface area contributed by atoms with Gasteiger partial charge in [-0.25, -0.2) is 23.1 Å². The fourth-order valence-corrected chi connectivity index (χ4v) is 3.67. The maximum atomic E-state index is 12.3. The third kappa shape index (κ3) is 5.86. The Morgan fingerprint density at radius 3 is 2.39 bits per heavy atom. The highest BCUT2D eigenvalue weighted by Crippen LogP contribution is 2.10. The molecule has 1 fully saturated rings. The number of piperazine rings is 1. The molecule has 0 saturated carbocycles. The summed E-state index contributed by atoms with van der Waals surface area (Å²) < 4.78 is 26.5. The second-order valence-corrected chi connectivity index (χ2v) is 7.97. The molecule has 9 heteroatoms. The van der Waals surface area contributed by atoms with Gasteiger partial charge in [-0.2, -0.15) is 0 Å². The molecule has 1 saturated heterocycles. The van der Waals surface area contributed by atoms with Crippen molar-refractivity contribution in [2.75, 3.05) is 37.6 Å². The van der Waals surface area contributed by atoms with Crippen LogP contribution in [0.5, 0.6) is 0 Å². The second-order valence-electron chi connectivity index (χ2n) is 6.32. The number of sulfonamides is 1. The summed E-state index contributed by atoms with van der Waals surface area (Å²) in [6.45, 7) is 2.51. The van der Waals surface area contributed by atoms with E-state index >= 15 is 0 Å². The molecule has 0 spiro atoms. The number of nitrogens with one attached hydrogen (secondary N) is 1. The van der Waals surface area contributed by atoms with Gasteiger partial charge in [0.05, 0.1) is 0 Å². The lowest BCUT2D eigenvalue weighted by atomic mass is 10.2. The molecule has 1 aliphatic rings. The van der Waals surface area contributed by atoms with Crippen molar-refractivity contribution >= 4 is 28.0 Å². The highest BCUT2D eigenvalue weighted by Gasteiger charge is 2.22. The number of hydrogen-bond donors (Lipinski definition) is 1. The molecule has 148 valence electrons. The molecule has 0 atom stereocenters. The normalized spacial score (nSPS) is 15.1. The van der Waals surface area contributed by atoms with Crippen LogP contribution in [0.2, 0.25) is 0 Å². The van der Waals surface area contributed by atoms with Crippen molar-refractivity contribution in [1.82, 2.24) is 19.6 Å². The summed E-state index contributed by atoms with van der Waals surface area (Å²) in [5, 5.41) is 1.12. The van der Waals surface area contributed by atoms with Gasteiger partial charge in [0, 0.05) is 56.9 Å². The molecule has 0 aliphatic carbocycles. The lowest BCUT2D eigenvalue weighted by Crippen LogP contribution is -2.49. The van der Waals surface area contributed by atoms with Crippen LogP contribution < -0.4 is 9.62 Å². The Bertz CT molecular complexity index is 896. The van der Waals surface area contributed by atoms with E-state index in [-0.39, 0.29) is 18.9 Å². The van der Waals surface area contributed by atoms with Crippen molar-refractivity contribution < 1.29 is 13.2 Å². The van der Waals surface area contributed by atoms with Crippen LogP contribution in [0.25, 0.3) is 6.08 Å². The van der Waals surface area contributed by atoms with E-state index in [1.54, 1.807) is 23.4 Å². The first-order valence-electron chi connectivity index (χ1n) is 9.06. The van der Waals surface area contributed by atoms with Crippen LogP contribution in [-0.4, -0.2) is 61.9 Å². The van der Waals surface area contributed by atoms with Crippen LogP contribution in [0.15, 0.2) is 54.2 Å². The molecule has 2 aromatic rings. The van der Waals surface area contributed by atoms with E-state index in [0.29, 0.717) is 32.1 Å². The molecule has 8 nitrogen and oxygen atoms in total. The largest absolute Gasteiger partial charge is 0.339 e. The van der Waals surface area contributed by atoms with Crippen LogP contribution in [0.3, 0.4) is 0 Å². The third-order valence-corrected chi connectivity index (χ3v) is 5.45. The van der Waals surface area contributed by atoms with Gasteiger partial charge in [-0.1, -0.05) is 30.3 Å². The number of benzene rings is 1. The Morgan fingerprint density at radius 1 is 1.04 bits per heavy atom. The Hall–Kier alpha value is -2.78. The molecule has 28 heavy (non-hydrogen) atoms. The first kappa shape index (κ1) is 20.0. The number of carbonyl (C=O) groups is 1. The van der Waals surface area contributed by atoms with Gasteiger partial charge >= 0.3 is 0 Å². The third-order valence-electron chi connectivity index (χ3n) is 4.35. The summed E-state index contributed by atoms with van der Waals surface area (Å²) in [6.07, 6.45) is 5.03. The highest BCUT2D eigenvalue weighted by atomic mass is 32.2. The molecular formula is C19H23N5O3S. The topological polar surface area (TPSA) is 95.5 Å². The average Bonchev–Trinajstić information content (AvgIpc) is 2.74. The fraction of sp³-hybridized carbons (Fsp3) is 0.316. The quantitative estimate of drug-likeness (QED) is 0.747. The number of nitrogens with zero attached hydrogens (tertiary/aromatic N) is 4. The Balaban J connectivity index is 1.41. The van der Waals surface area contributed by atoms with E-state index in [0.717, 1.165) is 11.0 Å². The summed E-state index contributed by atoms with van der Waals surface area (Å²) in [4.78, 5) is 24.5. The van der Waals surface area contributed by atoms with E-state index in [2.05, 4.69) is 14.7 Å². The van der Waals surface area contributed by atoms with E-state index in [1.165, 1.54) is 6.08 Å². The zero-order valence-electron chi connectivity index (χ0n) is 15.4. The predicted molar refractivity (Wildman–Crippen MR) is 108 cm³/mol. The van der Waals surface area contributed by atoms with Crippen molar-refractivity contribution in [2.45, 2.75) is 6.42 Å². The predicted octanol–water partition coefficient (Wildman–Crippen LogP) is 1.11. The molecule has 1 N–H and O–H groups in total. The van der Waals surface area contributed by atoms with Crippen LogP contribution in [-0.2, 0) is 14.8 Å². The number of amides is 1. The van der Waals surface area contributed by atoms with Gasteiger partial charge in [-0.05, 0) is 17.7 Å². The molecule has 1 aromatic carbocycles. The van der Waals surface area contributed by atoms with Gasteiger partial charge in [0.25, 0.3) is 0 Å². The number of carbonyl (C=O) groups excluding carboxylic acids is 1. The van der Waals surface area contributed by atoms with E-state index in [4.69, 9.17) is 0 Å². The summed E-state index contributed by atoms with van der Waals surface area (Å²) >= 11 is 0. The molecular weight excluding hydrogens is 378 g/mol. The van der Waals surface area contributed by atoms with Crippen LogP contribution in [0.4, 0.5) is 5.95 Å². The minimum absolute atomic E-state index is 0.0663. The molecule has 3 rings (SSSR count). The molecule has 1 amide bonds. The van der Waals surface area contributed by atoms with Gasteiger partial charge in [0.15, 0.2) is 0 Å². The summed E-state index contributed by atoms with van der Waals surface area (Å²) in [5.74, 6) is 0.593. The Kier molecular flexibility index (Phi) is 6.72. The molecule has 1 aliphatic heterocycles. The number of hydrogen-bond acceptors (Lipinski definition) is 6. The minimum Gasteiger partial charge on any atom is -0.339 e. The number of aromatic nitrogens is 2. The standard InChI is InChI=1S/C19H23N5O3S/c25-18(23-12-14-24(15-13-23)19-20-9-4-10-21-19)7-11-22-28(26,27)16-8-17-5-2-1-3-6-17/h1-6,8-10,16,22H,7,11-15H2/b16-8+. The van der Waals surface area contributed by atoms with Gasteiger partial charge in [-0.3, -0.25) is 4.79 Å². The summed E-state index contributed by atoms with van der Waals surface area (Å²) in [5.41, 5.74) is 0.796. The first-order chi connectivity index (χ1) is 13.5. The molecule has 0 unspecified atom stereocenters. The fourth-order valence-electron chi connectivity index (χ4n) is 2.85. The van der Waals surface area contributed by atoms with Crippen LogP contribution in [0.1, 0.15) is 12.0 Å². The van der Waals surface area contributed by atoms with Crippen LogP contribution >= 0.6 is 0 Å². The van der Waals surface area contributed by atoms with E-state index < -0.39 is 10.0 Å². The van der Waals surface area contributed by atoms with Crippen molar-refractivity contribution in [3.8, 4) is 0 Å². The molecule has 0 radical (unpaired) electrons. The van der Waals surface area contributed by atoms with Gasteiger partial charge < -0.3 is 9.80 Å². The van der Waals surface area contributed by atoms with Gasteiger partial charge in [0.1, 0.15) is 0 Å². The maximum Gasteiger partial charge on any atom is 0.233 e. The van der Waals surface area contributed by atoms with Crippen molar-refractivity contribution in [3.05, 3.63) is 59.8 Å². The van der Waals surface area contributed by atoms with Gasteiger partial charge in [-0.15, -0.1) is 0 Å². The van der Waals surface area contributed by atoms with Gasteiger partial charge in [0.2, 0.25) is 21.9 Å².